The van der Waals surface area contributed by atoms with Crippen molar-refractivity contribution in [2.75, 3.05) is 20.3 Å². The van der Waals surface area contributed by atoms with Gasteiger partial charge in [-0.05, 0) is 24.1 Å². The molecule has 1 aromatic rings. The van der Waals surface area contributed by atoms with Gasteiger partial charge in [0.1, 0.15) is 5.75 Å². The molecule has 0 saturated carbocycles. The first-order chi connectivity index (χ1) is 12.1. The van der Waals surface area contributed by atoms with Gasteiger partial charge in [0.25, 0.3) is 0 Å². The van der Waals surface area contributed by atoms with E-state index >= 15 is 0 Å². The Kier molecular flexibility index (Phi) is 5.38. The van der Waals surface area contributed by atoms with Crippen molar-refractivity contribution in [2.45, 2.75) is 25.4 Å². The first-order valence-electron chi connectivity index (χ1n) is 8.59. The Bertz CT molecular complexity index is 656. The molecule has 0 spiro atoms. The van der Waals surface area contributed by atoms with Crippen LogP contribution in [0.2, 0.25) is 0 Å². The van der Waals surface area contributed by atoms with Crippen LogP contribution in [0.4, 0.5) is 0 Å². The first kappa shape index (κ1) is 17.5. The summed E-state index contributed by atoms with van der Waals surface area (Å²) in [4.78, 5) is 26.4. The highest BCUT2D eigenvalue weighted by atomic mass is 16.5. The van der Waals surface area contributed by atoms with Crippen molar-refractivity contribution < 1.29 is 19.4 Å². The number of benzene rings is 1. The van der Waals surface area contributed by atoms with E-state index in [9.17, 15) is 9.59 Å². The number of carbonyl (C=O) groups excluding carboxylic acids is 2. The number of aliphatic hydroxyl groups excluding tert-OH is 1. The van der Waals surface area contributed by atoms with Gasteiger partial charge >= 0.3 is 0 Å². The summed E-state index contributed by atoms with van der Waals surface area (Å²) in [6, 6.07) is 7.54. The molecule has 3 rings (SSSR count). The predicted molar refractivity (Wildman–Crippen MR) is 92.8 cm³/mol. The average Bonchev–Trinajstić information content (AvgIpc) is 3.22. The second-order valence-corrected chi connectivity index (χ2v) is 6.70. The number of nitrogens with zero attached hydrogens (tertiary/aromatic N) is 1. The maximum Gasteiger partial charge on any atom is 0.225 e. The Morgan fingerprint density at radius 1 is 1.32 bits per heavy atom. The molecular formula is C19H24N2O4. The lowest BCUT2D eigenvalue weighted by Crippen LogP contribution is -2.38. The maximum atomic E-state index is 12.4. The Morgan fingerprint density at radius 2 is 2.08 bits per heavy atom. The van der Waals surface area contributed by atoms with E-state index in [0.29, 0.717) is 13.1 Å². The summed E-state index contributed by atoms with van der Waals surface area (Å²) in [6.07, 6.45) is 4.83. The van der Waals surface area contributed by atoms with Crippen LogP contribution in [0.5, 0.6) is 5.75 Å². The average molecular weight is 344 g/mol. The van der Waals surface area contributed by atoms with Crippen LogP contribution in [0.1, 0.15) is 18.4 Å². The molecular weight excluding hydrogens is 320 g/mol. The lowest BCUT2D eigenvalue weighted by atomic mass is 10.1. The van der Waals surface area contributed by atoms with Gasteiger partial charge in [-0.1, -0.05) is 24.3 Å². The second kappa shape index (κ2) is 7.70. The molecule has 1 heterocycles. The number of aliphatic hydroxyl groups is 1. The Hall–Kier alpha value is -2.34. The van der Waals surface area contributed by atoms with Gasteiger partial charge in [0.05, 0.1) is 13.0 Å². The molecule has 3 atom stereocenters. The van der Waals surface area contributed by atoms with Crippen molar-refractivity contribution in [3.63, 3.8) is 0 Å². The fraction of sp³-hybridized carbons (Fsp3) is 0.474. The van der Waals surface area contributed by atoms with E-state index in [1.807, 2.05) is 36.4 Å². The molecule has 25 heavy (non-hydrogen) atoms. The number of methoxy groups -OCH3 is 1. The van der Waals surface area contributed by atoms with E-state index in [-0.39, 0.29) is 42.7 Å². The SMILES string of the molecule is COc1ccc(CN2C[C@@H](C(=O)N[C@@H]3C=C[C@H](CO)C3)CC2=O)cc1. The van der Waals surface area contributed by atoms with Crippen LogP contribution >= 0.6 is 0 Å². The zero-order chi connectivity index (χ0) is 17.8. The molecule has 0 bridgehead atoms. The number of rotatable bonds is 6. The van der Waals surface area contributed by atoms with E-state index in [0.717, 1.165) is 17.7 Å². The molecule has 1 fully saturated rings. The van der Waals surface area contributed by atoms with Crippen LogP contribution in [0, 0.1) is 11.8 Å². The minimum absolute atomic E-state index is 0.00571. The van der Waals surface area contributed by atoms with E-state index in [2.05, 4.69) is 5.32 Å². The number of amides is 2. The molecule has 6 nitrogen and oxygen atoms in total. The monoisotopic (exact) mass is 344 g/mol. The largest absolute Gasteiger partial charge is 0.497 e. The van der Waals surface area contributed by atoms with Crippen molar-refractivity contribution in [1.82, 2.24) is 10.2 Å². The topological polar surface area (TPSA) is 78.9 Å². The molecule has 2 aliphatic rings. The summed E-state index contributed by atoms with van der Waals surface area (Å²) in [5.41, 5.74) is 1.01. The van der Waals surface area contributed by atoms with Crippen LogP contribution in [-0.4, -0.2) is 48.1 Å². The molecule has 6 heteroatoms. The molecule has 0 radical (unpaired) electrons. The number of hydrogen-bond acceptors (Lipinski definition) is 4. The zero-order valence-electron chi connectivity index (χ0n) is 14.4. The predicted octanol–water partition coefficient (Wildman–Crippen LogP) is 1.10. The molecule has 1 aromatic carbocycles. The number of nitrogens with one attached hydrogen (secondary N) is 1. The van der Waals surface area contributed by atoms with Crippen molar-refractivity contribution in [2.24, 2.45) is 11.8 Å². The van der Waals surface area contributed by atoms with Crippen LogP contribution < -0.4 is 10.1 Å². The third-order valence-corrected chi connectivity index (χ3v) is 4.85. The van der Waals surface area contributed by atoms with Crippen LogP contribution in [-0.2, 0) is 16.1 Å². The highest BCUT2D eigenvalue weighted by Crippen LogP contribution is 2.23. The molecule has 1 aliphatic carbocycles. The maximum absolute atomic E-state index is 12.4. The van der Waals surface area contributed by atoms with Gasteiger partial charge in [-0.15, -0.1) is 0 Å². The minimum atomic E-state index is -0.313. The summed E-state index contributed by atoms with van der Waals surface area (Å²) < 4.78 is 5.13. The molecule has 0 aromatic heterocycles. The lowest BCUT2D eigenvalue weighted by Gasteiger charge is -2.18. The molecule has 0 unspecified atom stereocenters. The molecule has 2 amide bonds. The summed E-state index contributed by atoms with van der Waals surface area (Å²) in [5.74, 6) is 0.499. The van der Waals surface area contributed by atoms with Gasteiger partial charge in [-0.25, -0.2) is 0 Å². The smallest absolute Gasteiger partial charge is 0.225 e. The summed E-state index contributed by atoms with van der Waals surface area (Å²) in [5, 5.41) is 12.1. The van der Waals surface area contributed by atoms with Gasteiger partial charge in [-0.2, -0.15) is 0 Å². The van der Waals surface area contributed by atoms with E-state index in [1.54, 1.807) is 12.0 Å². The van der Waals surface area contributed by atoms with Gasteiger partial charge < -0.3 is 20.1 Å². The normalized spacial score (nSPS) is 25.4. The van der Waals surface area contributed by atoms with Crippen molar-refractivity contribution >= 4 is 11.8 Å². The van der Waals surface area contributed by atoms with Gasteiger partial charge in [0.15, 0.2) is 0 Å². The quantitative estimate of drug-likeness (QED) is 0.758. The number of carbonyl (C=O) groups is 2. The van der Waals surface area contributed by atoms with Gasteiger partial charge in [0.2, 0.25) is 11.8 Å². The van der Waals surface area contributed by atoms with Gasteiger partial charge in [0, 0.05) is 38.1 Å². The standard InChI is InChI=1S/C19H24N2O4/c1-25-17-6-3-13(4-7-17)10-21-11-15(9-18(21)23)19(24)20-16-5-2-14(8-16)12-22/h2-7,14-16,22H,8-12H2,1H3,(H,20,24)/t14-,15-,16+/m0/s1. The molecule has 2 N–H and O–H groups in total. The Labute approximate surface area is 147 Å². The number of likely N-dealkylation sites (tertiary alicyclic amines) is 1. The Morgan fingerprint density at radius 3 is 2.72 bits per heavy atom. The van der Waals surface area contributed by atoms with Crippen LogP contribution in [0.3, 0.4) is 0 Å². The summed E-state index contributed by atoms with van der Waals surface area (Å²) in [6.45, 7) is 1.04. The molecule has 1 saturated heterocycles. The third-order valence-electron chi connectivity index (χ3n) is 4.85. The van der Waals surface area contributed by atoms with Gasteiger partial charge in [-0.3, -0.25) is 9.59 Å². The zero-order valence-corrected chi connectivity index (χ0v) is 14.4. The fourth-order valence-corrected chi connectivity index (χ4v) is 3.37. The number of ether oxygens (including phenoxy) is 1. The number of hydrogen-bond donors (Lipinski definition) is 2. The first-order valence-corrected chi connectivity index (χ1v) is 8.59. The van der Waals surface area contributed by atoms with E-state index < -0.39 is 0 Å². The van der Waals surface area contributed by atoms with Crippen LogP contribution in [0.15, 0.2) is 36.4 Å². The van der Waals surface area contributed by atoms with E-state index in [4.69, 9.17) is 9.84 Å². The summed E-state index contributed by atoms with van der Waals surface area (Å²) >= 11 is 0. The molecule has 134 valence electrons. The summed E-state index contributed by atoms with van der Waals surface area (Å²) in [7, 11) is 1.62. The van der Waals surface area contributed by atoms with E-state index in [1.165, 1.54) is 0 Å². The van der Waals surface area contributed by atoms with Crippen molar-refractivity contribution in [3.8, 4) is 5.75 Å². The second-order valence-electron chi connectivity index (χ2n) is 6.70. The Balaban J connectivity index is 1.52. The highest BCUT2D eigenvalue weighted by molar-refractivity contribution is 5.89. The van der Waals surface area contributed by atoms with Crippen molar-refractivity contribution in [3.05, 3.63) is 42.0 Å². The van der Waals surface area contributed by atoms with Crippen LogP contribution in [0.25, 0.3) is 0 Å². The minimum Gasteiger partial charge on any atom is -0.497 e. The highest BCUT2D eigenvalue weighted by Gasteiger charge is 2.35. The molecule has 1 aliphatic heterocycles. The lowest BCUT2D eigenvalue weighted by molar-refractivity contribution is -0.129. The fourth-order valence-electron chi connectivity index (χ4n) is 3.37. The third kappa shape index (κ3) is 4.20. The van der Waals surface area contributed by atoms with Crippen molar-refractivity contribution in [1.29, 1.82) is 0 Å².